The van der Waals surface area contributed by atoms with Crippen molar-refractivity contribution < 1.29 is 33.3 Å². The van der Waals surface area contributed by atoms with E-state index in [-0.39, 0.29) is 26.4 Å². The molecule has 0 aliphatic rings. The summed E-state index contributed by atoms with van der Waals surface area (Å²) in [7, 11) is 0. The van der Waals surface area contributed by atoms with Crippen LogP contribution in [0.25, 0.3) is 22.3 Å². The van der Waals surface area contributed by atoms with E-state index in [0.717, 1.165) is 34.4 Å². The Kier molecular flexibility index (Phi) is 13.7. The van der Waals surface area contributed by atoms with Gasteiger partial charge in [0, 0.05) is 25.0 Å². The van der Waals surface area contributed by atoms with Gasteiger partial charge in [-0.2, -0.15) is 10.5 Å². The van der Waals surface area contributed by atoms with E-state index >= 15 is 0 Å². The molecule has 0 radical (unpaired) electrons. The molecule has 9 nitrogen and oxygen atoms in total. The van der Waals surface area contributed by atoms with Crippen LogP contribution in [0, 0.1) is 22.7 Å². The number of rotatable bonds is 18. The van der Waals surface area contributed by atoms with Crippen LogP contribution >= 0.6 is 0 Å². The minimum atomic E-state index is -0.588. The molecule has 0 aliphatic heterocycles. The minimum Gasteiger partial charge on any atom is -0.493 e. The van der Waals surface area contributed by atoms with Crippen molar-refractivity contribution in [3.05, 3.63) is 133 Å². The summed E-state index contributed by atoms with van der Waals surface area (Å²) >= 11 is 0. The van der Waals surface area contributed by atoms with Crippen LogP contribution in [0.4, 0.5) is 0 Å². The number of nitriles is 2. The molecule has 0 saturated carbocycles. The fourth-order valence-corrected chi connectivity index (χ4v) is 4.70. The first-order chi connectivity index (χ1) is 23.9. The summed E-state index contributed by atoms with van der Waals surface area (Å²) in [5, 5.41) is 18.1. The zero-order valence-electron chi connectivity index (χ0n) is 27.0. The van der Waals surface area contributed by atoms with Gasteiger partial charge in [0.05, 0.1) is 48.7 Å². The molecule has 0 aliphatic carbocycles. The third-order valence-corrected chi connectivity index (χ3v) is 7.36. The van der Waals surface area contributed by atoms with Crippen molar-refractivity contribution in [3.8, 4) is 45.9 Å². The van der Waals surface area contributed by atoms with Crippen LogP contribution < -0.4 is 9.47 Å². The SMILES string of the molecule is C=CC(=O)OCC(CCOc1ccc(-c2ccc(C#N)cc2)cc1)OC(CCOc1ccc(-c2ccc(C#N)cc2)cc1)COC(=O)C=C. The standard InChI is InChI=1S/C40H36N2O7/c1-3-39(43)47-27-37(21-23-45-35-17-13-33(14-18-35)31-9-5-29(25-41)6-10-31)49-38(28-48-40(44)4-2)22-24-46-36-19-15-34(16-20-36)32-11-7-30(26-42)8-12-32/h3-20,37-38H,1-2,21-24,27-28H2. The maximum Gasteiger partial charge on any atom is 0.330 e. The summed E-state index contributed by atoms with van der Waals surface area (Å²) in [6.07, 6.45) is 1.72. The van der Waals surface area contributed by atoms with Crippen molar-refractivity contribution in [2.75, 3.05) is 26.4 Å². The van der Waals surface area contributed by atoms with Crippen molar-refractivity contribution >= 4 is 11.9 Å². The molecule has 49 heavy (non-hydrogen) atoms. The quantitative estimate of drug-likeness (QED) is 0.0806. The van der Waals surface area contributed by atoms with Gasteiger partial charge in [0.2, 0.25) is 0 Å². The fourth-order valence-electron chi connectivity index (χ4n) is 4.70. The van der Waals surface area contributed by atoms with Crippen molar-refractivity contribution in [1.29, 1.82) is 10.5 Å². The van der Waals surface area contributed by atoms with Gasteiger partial charge in [-0.1, -0.05) is 61.7 Å². The molecule has 0 bridgehead atoms. The highest BCUT2D eigenvalue weighted by Gasteiger charge is 2.21. The number of carbonyl (C=O) groups excluding carboxylic acids is 2. The van der Waals surface area contributed by atoms with Crippen LogP contribution in [0.3, 0.4) is 0 Å². The Balaban J connectivity index is 1.34. The molecule has 0 spiro atoms. The summed E-state index contributed by atoms with van der Waals surface area (Å²) in [5.41, 5.74) is 5.12. The Hall–Kier alpha value is -6.16. The molecular weight excluding hydrogens is 620 g/mol. The molecule has 9 heteroatoms. The number of hydrogen-bond donors (Lipinski definition) is 0. The Labute approximate surface area is 286 Å². The number of nitrogens with zero attached hydrogens (tertiary/aromatic N) is 2. The lowest BCUT2D eigenvalue weighted by atomic mass is 10.0. The van der Waals surface area contributed by atoms with Gasteiger partial charge < -0.3 is 23.7 Å². The van der Waals surface area contributed by atoms with Crippen molar-refractivity contribution in [2.24, 2.45) is 0 Å². The normalized spacial score (nSPS) is 11.6. The Morgan fingerprint density at radius 2 is 0.898 bits per heavy atom. The van der Waals surface area contributed by atoms with Crippen molar-refractivity contribution in [2.45, 2.75) is 25.0 Å². The molecule has 248 valence electrons. The maximum absolute atomic E-state index is 11.9. The topological polar surface area (TPSA) is 128 Å². The van der Waals surface area contributed by atoms with Gasteiger partial charge in [0.15, 0.2) is 0 Å². The summed E-state index contributed by atoms with van der Waals surface area (Å²) in [6.45, 7) is 7.29. The Bertz CT molecular complexity index is 1640. The van der Waals surface area contributed by atoms with Crippen LogP contribution in [0.5, 0.6) is 11.5 Å². The predicted molar refractivity (Wildman–Crippen MR) is 184 cm³/mol. The van der Waals surface area contributed by atoms with E-state index in [1.807, 2.05) is 72.8 Å². The lowest BCUT2D eigenvalue weighted by Gasteiger charge is -2.25. The largest absolute Gasteiger partial charge is 0.493 e. The molecule has 4 aromatic rings. The van der Waals surface area contributed by atoms with Gasteiger partial charge in [-0.15, -0.1) is 0 Å². The van der Waals surface area contributed by atoms with Crippen molar-refractivity contribution in [1.82, 2.24) is 0 Å². The number of benzene rings is 4. The Morgan fingerprint density at radius 1 is 0.571 bits per heavy atom. The zero-order valence-corrected chi connectivity index (χ0v) is 27.0. The van der Waals surface area contributed by atoms with Gasteiger partial charge in [0.1, 0.15) is 24.7 Å². The first kappa shape index (κ1) is 35.7. The van der Waals surface area contributed by atoms with Crippen molar-refractivity contribution in [3.63, 3.8) is 0 Å². The summed E-state index contributed by atoms with van der Waals surface area (Å²) in [4.78, 5) is 23.7. The highest BCUT2D eigenvalue weighted by molar-refractivity contribution is 5.81. The maximum atomic E-state index is 11.9. The highest BCUT2D eigenvalue weighted by atomic mass is 16.6. The number of carbonyl (C=O) groups is 2. The molecular formula is C40H36N2O7. The summed E-state index contributed by atoms with van der Waals surface area (Å²) < 4.78 is 28.8. The molecule has 0 saturated heterocycles. The first-order valence-electron chi connectivity index (χ1n) is 15.6. The second kappa shape index (κ2) is 18.9. The second-order valence-corrected chi connectivity index (χ2v) is 10.7. The van der Waals surface area contributed by atoms with Crippen LogP contribution in [0.15, 0.2) is 122 Å². The molecule has 0 amide bonds. The highest BCUT2D eigenvalue weighted by Crippen LogP contribution is 2.25. The van der Waals surface area contributed by atoms with E-state index in [1.165, 1.54) is 0 Å². The first-order valence-corrected chi connectivity index (χ1v) is 15.6. The van der Waals surface area contributed by atoms with E-state index in [1.54, 1.807) is 24.3 Å². The Morgan fingerprint density at radius 3 is 1.20 bits per heavy atom. The van der Waals surface area contributed by atoms with E-state index in [4.69, 9.17) is 34.2 Å². The summed E-state index contributed by atoms with van der Waals surface area (Å²) in [5.74, 6) is 0.120. The smallest absolute Gasteiger partial charge is 0.330 e. The van der Waals surface area contributed by atoms with Gasteiger partial charge in [-0.3, -0.25) is 0 Å². The molecule has 0 fully saturated rings. The zero-order chi connectivity index (χ0) is 34.8. The van der Waals surface area contributed by atoms with Crippen LogP contribution in [0.1, 0.15) is 24.0 Å². The third-order valence-electron chi connectivity index (χ3n) is 7.36. The average molecular weight is 657 g/mol. The molecule has 0 aromatic heterocycles. The molecule has 0 N–H and O–H groups in total. The predicted octanol–water partition coefficient (Wildman–Crippen LogP) is 7.21. The van der Waals surface area contributed by atoms with E-state index in [0.29, 0.717) is 35.5 Å². The van der Waals surface area contributed by atoms with Gasteiger partial charge >= 0.3 is 11.9 Å². The fraction of sp³-hybridized carbons (Fsp3) is 0.200. The average Bonchev–Trinajstić information content (AvgIpc) is 3.16. The molecule has 4 aromatic carbocycles. The van der Waals surface area contributed by atoms with Gasteiger partial charge in [-0.25, -0.2) is 9.59 Å². The van der Waals surface area contributed by atoms with E-state index < -0.39 is 24.1 Å². The van der Waals surface area contributed by atoms with Crippen LogP contribution in [-0.4, -0.2) is 50.6 Å². The van der Waals surface area contributed by atoms with E-state index in [2.05, 4.69) is 25.3 Å². The molecule has 4 rings (SSSR count). The third kappa shape index (κ3) is 11.5. The lowest BCUT2D eigenvalue weighted by Crippen LogP contribution is -2.33. The van der Waals surface area contributed by atoms with Gasteiger partial charge in [-0.05, 0) is 70.8 Å². The van der Waals surface area contributed by atoms with E-state index in [9.17, 15) is 9.59 Å². The van der Waals surface area contributed by atoms with Crippen LogP contribution in [-0.2, 0) is 23.8 Å². The molecule has 2 atom stereocenters. The molecule has 2 unspecified atom stereocenters. The summed E-state index contributed by atoms with van der Waals surface area (Å²) in [6, 6.07) is 34.0. The lowest BCUT2D eigenvalue weighted by molar-refractivity contribution is -0.151. The van der Waals surface area contributed by atoms with Crippen LogP contribution in [0.2, 0.25) is 0 Å². The minimum absolute atomic E-state index is 0.0601. The number of hydrogen-bond acceptors (Lipinski definition) is 9. The number of esters is 2. The second-order valence-electron chi connectivity index (χ2n) is 10.7. The number of ether oxygens (including phenoxy) is 5. The van der Waals surface area contributed by atoms with Gasteiger partial charge in [0.25, 0.3) is 0 Å². The molecule has 0 heterocycles. The monoisotopic (exact) mass is 656 g/mol.